The van der Waals surface area contributed by atoms with Crippen molar-refractivity contribution in [3.05, 3.63) is 12.2 Å². The van der Waals surface area contributed by atoms with Gasteiger partial charge in [-0.15, -0.1) is 0 Å². The molecule has 1 saturated heterocycles. The van der Waals surface area contributed by atoms with Crippen LogP contribution >= 0.6 is 0 Å². The fourth-order valence-corrected chi connectivity index (χ4v) is 3.54. The number of unbranched alkanes of at least 4 members (excludes halogenated alkanes) is 11. The molecule has 1 aliphatic heterocycles. The van der Waals surface area contributed by atoms with Crippen molar-refractivity contribution in [2.24, 2.45) is 0 Å². The molecule has 0 saturated carbocycles. The van der Waals surface area contributed by atoms with Crippen molar-refractivity contribution in [1.82, 2.24) is 0 Å². The highest BCUT2D eigenvalue weighted by atomic mass is 16.5. The molecule has 28 heavy (non-hydrogen) atoms. The molecule has 0 aromatic heterocycles. The Morgan fingerprint density at radius 1 is 0.893 bits per heavy atom. The molecule has 5 heteroatoms. The third kappa shape index (κ3) is 12.2. The number of ether oxygens (including phenoxy) is 2. The van der Waals surface area contributed by atoms with Crippen LogP contribution in [0.25, 0.3) is 0 Å². The van der Waals surface area contributed by atoms with Crippen LogP contribution in [0.2, 0.25) is 0 Å². The van der Waals surface area contributed by atoms with E-state index in [0.29, 0.717) is 6.61 Å². The number of aliphatic hydroxyl groups excluding tert-OH is 3. The predicted octanol–water partition coefficient (Wildman–Crippen LogP) is 4.13. The van der Waals surface area contributed by atoms with Crippen LogP contribution in [0.4, 0.5) is 0 Å². The zero-order valence-corrected chi connectivity index (χ0v) is 17.9. The Bertz CT molecular complexity index is 374. The minimum atomic E-state index is -1.03. The molecule has 4 atom stereocenters. The van der Waals surface area contributed by atoms with Crippen LogP contribution in [-0.4, -0.2) is 59.6 Å². The second kappa shape index (κ2) is 17.4. The second-order valence-corrected chi connectivity index (χ2v) is 8.08. The Morgan fingerprint density at radius 3 is 2.04 bits per heavy atom. The maximum absolute atomic E-state index is 9.93. The van der Waals surface area contributed by atoms with Crippen molar-refractivity contribution in [3.8, 4) is 0 Å². The molecule has 0 aromatic rings. The standard InChI is InChI=1S/C23H44O5/c1-2-3-4-5-6-7-8-9-10-11-12-13-14-15-16-17-27-18-21(25)23-22(26)20(24)19-28-23/h10-11,20-26H,2-9,12-19H2,1H3/b11-10+/t20-,21+,22+,23+/m1/s1. The van der Waals surface area contributed by atoms with E-state index >= 15 is 0 Å². The highest BCUT2D eigenvalue weighted by Crippen LogP contribution is 2.18. The number of rotatable bonds is 18. The summed E-state index contributed by atoms with van der Waals surface area (Å²) in [5.41, 5.74) is 0. The van der Waals surface area contributed by atoms with E-state index < -0.39 is 24.4 Å². The number of hydrogen-bond acceptors (Lipinski definition) is 5. The van der Waals surface area contributed by atoms with E-state index in [0.717, 1.165) is 19.3 Å². The summed E-state index contributed by atoms with van der Waals surface area (Å²) < 4.78 is 10.7. The Kier molecular flexibility index (Phi) is 15.9. The van der Waals surface area contributed by atoms with Crippen LogP contribution in [0.1, 0.15) is 90.4 Å². The molecule has 0 aliphatic carbocycles. The van der Waals surface area contributed by atoms with Gasteiger partial charge in [0.15, 0.2) is 0 Å². The van der Waals surface area contributed by atoms with Crippen LogP contribution in [0.5, 0.6) is 0 Å². The molecule has 3 N–H and O–H groups in total. The van der Waals surface area contributed by atoms with E-state index in [2.05, 4.69) is 19.1 Å². The second-order valence-electron chi connectivity index (χ2n) is 8.08. The maximum atomic E-state index is 9.93. The third-order valence-electron chi connectivity index (χ3n) is 5.41. The molecular weight excluding hydrogens is 356 g/mol. The quantitative estimate of drug-likeness (QED) is 0.238. The Hall–Kier alpha value is -0.460. The van der Waals surface area contributed by atoms with E-state index in [4.69, 9.17) is 9.47 Å². The molecule has 5 nitrogen and oxygen atoms in total. The molecule has 0 unspecified atom stereocenters. The number of hydrogen-bond donors (Lipinski definition) is 3. The van der Waals surface area contributed by atoms with E-state index in [1.54, 1.807) is 0 Å². The van der Waals surface area contributed by atoms with Crippen LogP contribution in [0.3, 0.4) is 0 Å². The number of aliphatic hydroxyl groups is 3. The minimum absolute atomic E-state index is 0.0659. The number of allylic oxidation sites excluding steroid dienone is 2. The molecule has 1 aliphatic rings. The Balaban J connectivity index is 1.80. The van der Waals surface area contributed by atoms with Gasteiger partial charge in [-0.05, 0) is 32.1 Å². The average Bonchev–Trinajstić information content (AvgIpc) is 3.03. The lowest BCUT2D eigenvalue weighted by molar-refractivity contribution is -0.0813. The van der Waals surface area contributed by atoms with Gasteiger partial charge in [-0.25, -0.2) is 0 Å². The first kappa shape index (κ1) is 25.6. The van der Waals surface area contributed by atoms with Crippen LogP contribution in [0.15, 0.2) is 12.2 Å². The predicted molar refractivity (Wildman–Crippen MR) is 113 cm³/mol. The van der Waals surface area contributed by atoms with Crippen LogP contribution in [0, 0.1) is 0 Å². The van der Waals surface area contributed by atoms with E-state index in [-0.39, 0.29) is 13.2 Å². The summed E-state index contributed by atoms with van der Waals surface area (Å²) in [5.74, 6) is 0. The molecule has 0 radical (unpaired) electrons. The largest absolute Gasteiger partial charge is 0.388 e. The van der Waals surface area contributed by atoms with Crippen molar-refractivity contribution in [1.29, 1.82) is 0 Å². The summed E-state index contributed by atoms with van der Waals surface area (Å²) >= 11 is 0. The van der Waals surface area contributed by atoms with Gasteiger partial charge >= 0.3 is 0 Å². The van der Waals surface area contributed by atoms with Crippen LogP contribution < -0.4 is 0 Å². The highest BCUT2D eigenvalue weighted by molar-refractivity contribution is 4.87. The normalized spacial score (nSPS) is 23.6. The molecule has 1 fully saturated rings. The van der Waals surface area contributed by atoms with E-state index in [9.17, 15) is 15.3 Å². The lowest BCUT2D eigenvalue weighted by Gasteiger charge is -2.20. The first-order valence-electron chi connectivity index (χ1n) is 11.5. The van der Waals surface area contributed by atoms with Gasteiger partial charge in [0.05, 0.1) is 13.2 Å². The molecule has 0 bridgehead atoms. The fraction of sp³-hybridized carbons (Fsp3) is 0.913. The van der Waals surface area contributed by atoms with Crippen molar-refractivity contribution in [3.63, 3.8) is 0 Å². The SMILES string of the molecule is CCCCCCCCC/C=C/CCCCCCOC[C@H](O)[C@@H]1OC[C@@H](O)[C@@H]1O. The van der Waals surface area contributed by atoms with E-state index in [1.165, 1.54) is 64.2 Å². The minimum Gasteiger partial charge on any atom is -0.388 e. The first-order valence-corrected chi connectivity index (χ1v) is 11.5. The summed E-state index contributed by atoms with van der Waals surface area (Å²) in [6.07, 6.45) is 17.6. The first-order chi connectivity index (χ1) is 13.7. The lowest BCUT2D eigenvalue weighted by Crippen LogP contribution is -2.40. The van der Waals surface area contributed by atoms with Gasteiger partial charge in [-0.1, -0.05) is 70.4 Å². The Morgan fingerprint density at radius 2 is 1.46 bits per heavy atom. The van der Waals surface area contributed by atoms with Crippen molar-refractivity contribution < 1.29 is 24.8 Å². The zero-order chi connectivity index (χ0) is 20.5. The zero-order valence-electron chi connectivity index (χ0n) is 17.9. The fourth-order valence-electron chi connectivity index (χ4n) is 3.54. The highest BCUT2D eigenvalue weighted by Gasteiger charge is 2.39. The molecule has 1 heterocycles. The van der Waals surface area contributed by atoms with Gasteiger partial charge in [0.1, 0.15) is 24.4 Å². The Labute approximate surface area is 172 Å². The van der Waals surface area contributed by atoms with Gasteiger partial charge in [-0.3, -0.25) is 0 Å². The molecule has 0 aromatic carbocycles. The summed E-state index contributed by atoms with van der Waals surface area (Å²) in [4.78, 5) is 0. The van der Waals surface area contributed by atoms with Gasteiger partial charge in [0.25, 0.3) is 0 Å². The van der Waals surface area contributed by atoms with Crippen molar-refractivity contribution in [2.45, 2.75) is 115 Å². The van der Waals surface area contributed by atoms with Gasteiger partial charge < -0.3 is 24.8 Å². The monoisotopic (exact) mass is 400 g/mol. The third-order valence-corrected chi connectivity index (χ3v) is 5.41. The summed E-state index contributed by atoms with van der Waals surface area (Å²) in [6, 6.07) is 0. The van der Waals surface area contributed by atoms with Gasteiger partial charge in [-0.2, -0.15) is 0 Å². The smallest absolute Gasteiger partial charge is 0.114 e. The average molecular weight is 401 g/mol. The van der Waals surface area contributed by atoms with Gasteiger partial charge in [0, 0.05) is 6.61 Å². The van der Waals surface area contributed by atoms with E-state index in [1.807, 2.05) is 0 Å². The molecule has 1 rings (SSSR count). The van der Waals surface area contributed by atoms with Crippen LogP contribution in [-0.2, 0) is 9.47 Å². The van der Waals surface area contributed by atoms with Crippen molar-refractivity contribution >= 4 is 0 Å². The summed E-state index contributed by atoms with van der Waals surface area (Å²) in [5, 5.41) is 29.0. The molecule has 166 valence electrons. The van der Waals surface area contributed by atoms with Crippen molar-refractivity contribution in [2.75, 3.05) is 19.8 Å². The topological polar surface area (TPSA) is 79.2 Å². The molecule has 0 amide bonds. The van der Waals surface area contributed by atoms with Gasteiger partial charge in [0.2, 0.25) is 0 Å². The summed E-state index contributed by atoms with van der Waals surface area (Å²) in [7, 11) is 0. The summed E-state index contributed by atoms with van der Waals surface area (Å²) in [6.45, 7) is 3.07. The lowest BCUT2D eigenvalue weighted by atomic mass is 10.1. The molecular formula is C23H44O5. The molecule has 0 spiro atoms. The maximum Gasteiger partial charge on any atom is 0.114 e.